The third-order valence-corrected chi connectivity index (χ3v) is 4.40. The molecule has 0 spiro atoms. The van der Waals surface area contributed by atoms with Crippen LogP contribution in [0.3, 0.4) is 0 Å². The molecule has 1 aromatic heterocycles. The van der Waals surface area contributed by atoms with Crippen molar-refractivity contribution in [2.24, 2.45) is 5.73 Å². The molecule has 1 saturated carbocycles. The minimum absolute atomic E-state index is 0.163. The number of hydrogen-bond acceptors (Lipinski definition) is 6. The molecular weight excluding hydrogens is 330 g/mol. The smallest absolute Gasteiger partial charge is 0.270 e. The predicted octanol–water partition coefficient (Wildman–Crippen LogP) is 2.62. The summed E-state index contributed by atoms with van der Waals surface area (Å²) < 4.78 is 5.48. The highest BCUT2D eigenvalue weighted by molar-refractivity contribution is 5.92. The fourth-order valence-electron chi connectivity index (χ4n) is 3.03. The van der Waals surface area contributed by atoms with Crippen molar-refractivity contribution in [3.8, 4) is 5.75 Å². The first kappa shape index (κ1) is 18.1. The van der Waals surface area contributed by atoms with Crippen molar-refractivity contribution in [3.05, 3.63) is 42.2 Å². The van der Waals surface area contributed by atoms with Gasteiger partial charge in [0.1, 0.15) is 11.4 Å². The molecule has 7 heteroatoms. The van der Waals surface area contributed by atoms with Crippen LogP contribution in [0.15, 0.2) is 36.5 Å². The summed E-state index contributed by atoms with van der Waals surface area (Å²) in [6.07, 6.45) is 5.28. The number of anilines is 2. The van der Waals surface area contributed by atoms with Gasteiger partial charge in [-0.25, -0.2) is 9.97 Å². The molecule has 0 radical (unpaired) electrons. The van der Waals surface area contributed by atoms with Gasteiger partial charge in [-0.05, 0) is 50.8 Å². The van der Waals surface area contributed by atoms with Gasteiger partial charge >= 0.3 is 0 Å². The number of nitrogens with two attached hydrogens (primary N) is 1. The van der Waals surface area contributed by atoms with Crippen molar-refractivity contribution in [2.45, 2.75) is 44.7 Å². The largest absolute Gasteiger partial charge is 0.494 e. The molecule has 4 N–H and O–H groups in total. The number of ether oxygens (including phenoxy) is 1. The van der Waals surface area contributed by atoms with Crippen LogP contribution in [0.5, 0.6) is 5.75 Å². The fraction of sp³-hybridized carbons (Fsp3) is 0.421. The highest BCUT2D eigenvalue weighted by atomic mass is 16.5. The molecule has 1 aliphatic carbocycles. The molecular formula is C19H25N5O2. The molecule has 0 unspecified atom stereocenters. The minimum Gasteiger partial charge on any atom is -0.494 e. The Labute approximate surface area is 153 Å². The average molecular weight is 355 g/mol. The van der Waals surface area contributed by atoms with Gasteiger partial charge in [-0.2, -0.15) is 0 Å². The van der Waals surface area contributed by atoms with Crippen molar-refractivity contribution < 1.29 is 9.53 Å². The van der Waals surface area contributed by atoms with Gasteiger partial charge in [0, 0.05) is 30.0 Å². The van der Waals surface area contributed by atoms with E-state index in [9.17, 15) is 4.79 Å². The van der Waals surface area contributed by atoms with Gasteiger partial charge < -0.3 is 21.1 Å². The maximum Gasteiger partial charge on any atom is 0.270 e. The van der Waals surface area contributed by atoms with E-state index in [1.54, 1.807) is 12.3 Å². The van der Waals surface area contributed by atoms with Crippen LogP contribution in [0, 0.1) is 0 Å². The van der Waals surface area contributed by atoms with E-state index in [0.717, 1.165) is 37.1 Å². The van der Waals surface area contributed by atoms with E-state index in [2.05, 4.69) is 20.6 Å². The van der Waals surface area contributed by atoms with Gasteiger partial charge in [0.2, 0.25) is 5.95 Å². The molecule has 26 heavy (non-hydrogen) atoms. The summed E-state index contributed by atoms with van der Waals surface area (Å²) in [6.45, 7) is 2.53. The van der Waals surface area contributed by atoms with Gasteiger partial charge in [-0.1, -0.05) is 6.07 Å². The lowest BCUT2D eigenvalue weighted by atomic mass is 9.92. The summed E-state index contributed by atoms with van der Waals surface area (Å²) in [7, 11) is 0. The van der Waals surface area contributed by atoms with E-state index in [4.69, 9.17) is 10.5 Å². The maximum absolute atomic E-state index is 12.5. The SMILES string of the molecule is CCOc1cccc(Nc2nccc(C(=O)NC3CCC(N)CC3)n2)c1. The van der Waals surface area contributed by atoms with Gasteiger partial charge in [0.25, 0.3) is 5.91 Å². The molecule has 1 aliphatic rings. The van der Waals surface area contributed by atoms with Crippen LogP contribution in [0.2, 0.25) is 0 Å². The Hall–Kier alpha value is -2.67. The molecule has 1 heterocycles. The van der Waals surface area contributed by atoms with E-state index in [0.29, 0.717) is 18.2 Å². The third kappa shape index (κ3) is 4.92. The summed E-state index contributed by atoms with van der Waals surface area (Å²) in [5.41, 5.74) is 7.06. The second-order valence-corrected chi connectivity index (χ2v) is 6.44. The average Bonchev–Trinajstić information content (AvgIpc) is 2.64. The second kappa shape index (κ2) is 8.62. The Balaban J connectivity index is 1.64. The van der Waals surface area contributed by atoms with Crippen LogP contribution in [0.4, 0.5) is 11.6 Å². The first-order valence-electron chi connectivity index (χ1n) is 9.03. The Morgan fingerprint density at radius 3 is 2.85 bits per heavy atom. The Morgan fingerprint density at radius 1 is 1.27 bits per heavy atom. The number of benzene rings is 1. The van der Waals surface area contributed by atoms with Crippen LogP contribution >= 0.6 is 0 Å². The van der Waals surface area contributed by atoms with Crippen LogP contribution in [-0.2, 0) is 0 Å². The minimum atomic E-state index is -0.181. The van der Waals surface area contributed by atoms with E-state index < -0.39 is 0 Å². The van der Waals surface area contributed by atoms with Gasteiger partial charge in [-0.15, -0.1) is 0 Å². The van der Waals surface area contributed by atoms with Crippen LogP contribution in [0.1, 0.15) is 43.1 Å². The summed E-state index contributed by atoms with van der Waals surface area (Å²) in [4.78, 5) is 21.0. The lowest BCUT2D eigenvalue weighted by Gasteiger charge is -2.26. The van der Waals surface area contributed by atoms with E-state index in [-0.39, 0.29) is 18.0 Å². The topological polar surface area (TPSA) is 102 Å². The molecule has 138 valence electrons. The molecule has 0 saturated heterocycles. The number of carbonyl (C=O) groups excluding carboxylic acids is 1. The lowest BCUT2D eigenvalue weighted by molar-refractivity contribution is 0.0920. The number of hydrogen-bond donors (Lipinski definition) is 3. The molecule has 1 fully saturated rings. The normalized spacial score (nSPS) is 19.6. The maximum atomic E-state index is 12.5. The Morgan fingerprint density at radius 2 is 2.08 bits per heavy atom. The number of rotatable bonds is 6. The molecule has 7 nitrogen and oxygen atoms in total. The Kier molecular flexibility index (Phi) is 6.01. The lowest BCUT2D eigenvalue weighted by Crippen LogP contribution is -2.40. The van der Waals surface area contributed by atoms with Crippen molar-refractivity contribution in [2.75, 3.05) is 11.9 Å². The van der Waals surface area contributed by atoms with Crippen molar-refractivity contribution in [1.82, 2.24) is 15.3 Å². The first-order valence-corrected chi connectivity index (χ1v) is 9.03. The van der Waals surface area contributed by atoms with E-state index >= 15 is 0 Å². The van der Waals surface area contributed by atoms with Crippen LogP contribution < -0.4 is 21.1 Å². The molecule has 2 aromatic rings. The monoisotopic (exact) mass is 355 g/mol. The number of nitrogens with zero attached hydrogens (tertiary/aromatic N) is 2. The van der Waals surface area contributed by atoms with Crippen molar-refractivity contribution >= 4 is 17.5 Å². The fourth-order valence-corrected chi connectivity index (χ4v) is 3.03. The molecule has 0 aliphatic heterocycles. The van der Waals surface area contributed by atoms with Gasteiger partial charge in [0.05, 0.1) is 6.61 Å². The molecule has 3 rings (SSSR count). The van der Waals surface area contributed by atoms with Gasteiger partial charge in [-0.3, -0.25) is 4.79 Å². The standard InChI is InChI=1S/C19H25N5O2/c1-2-26-16-5-3-4-15(12-16)23-19-21-11-10-17(24-19)18(25)22-14-8-6-13(20)7-9-14/h3-5,10-14H,2,6-9,20H2,1H3,(H,22,25)(H,21,23,24). The zero-order valence-corrected chi connectivity index (χ0v) is 14.9. The summed E-state index contributed by atoms with van der Waals surface area (Å²) >= 11 is 0. The zero-order chi connectivity index (χ0) is 18.4. The third-order valence-electron chi connectivity index (χ3n) is 4.40. The molecule has 1 aromatic carbocycles. The predicted molar refractivity (Wildman–Crippen MR) is 101 cm³/mol. The van der Waals surface area contributed by atoms with E-state index in [1.807, 2.05) is 31.2 Å². The Bertz CT molecular complexity index is 744. The second-order valence-electron chi connectivity index (χ2n) is 6.44. The first-order chi connectivity index (χ1) is 12.6. The molecule has 0 bridgehead atoms. The summed E-state index contributed by atoms with van der Waals surface area (Å²) in [5.74, 6) is 0.956. The summed E-state index contributed by atoms with van der Waals surface area (Å²) in [5, 5.41) is 6.15. The molecule has 1 amide bonds. The quantitative estimate of drug-likeness (QED) is 0.736. The molecule has 0 atom stereocenters. The van der Waals surface area contributed by atoms with Crippen molar-refractivity contribution in [3.63, 3.8) is 0 Å². The zero-order valence-electron chi connectivity index (χ0n) is 14.9. The highest BCUT2D eigenvalue weighted by Gasteiger charge is 2.21. The van der Waals surface area contributed by atoms with E-state index in [1.165, 1.54) is 0 Å². The van der Waals surface area contributed by atoms with Crippen molar-refractivity contribution in [1.29, 1.82) is 0 Å². The number of carbonyl (C=O) groups is 1. The number of amides is 1. The number of nitrogens with one attached hydrogen (secondary N) is 2. The number of aromatic nitrogens is 2. The van der Waals surface area contributed by atoms with Gasteiger partial charge in [0.15, 0.2) is 0 Å². The highest BCUT2D eigenvalue weighted by Crippen LogP contribution is 2.20. The summed E-state index contributed by atoms with van der Waals surface area (Å²) in [6, 6.07) is 9.56. The van der Waals surface area contributed by atoms with Crippen LogP contribution in [0.25, 0.3) is 0 Å². The van der Waals surface area contributed by atoms with Crippen LogP contribution in [-0.4, -0.2) is 34.6 Å².